The van der Waals surface area contributed by atoms with Gasteiger partial charge in [-0.15, -0.1) is 10.2 Å². The summed E-state index contributed by atoms with van der Waals surface area (Å²) in [6.45, 7) is 2.73. The number of carbonyl (C=O) groups is 1. The van der Waals surface area contributed by atoms with Crippen LogP contribution in [0.5, 0.6) is 0 Å². The number of unbranched alkanes of at least 4 members (excludes halogenated alkanes) is 1. The van der Waals surface area contributed by atoms with Crippen molar-refractivity contribution in [2.45, 2.75) is 38.9 Å². The van der Waals surface area contributed by atoms with Crippen LogP contribution in [-0.4, -0.2) is 37.6 Å². The number of aromatic amines is 1. The molecule has 1 aromatic heterocycles. The first-order chi connectivity index (χ1) is 16.2. The summed E-state index contributed by atoms with van der Waals surface area (Å²) in [5.74, 6) is 0.647. The van der Waals surface area contributed by atoms with Crippen molar-refractivity contribution in [2.75, 3.05) is 5.32 Å². The van der Waals surface area contributed by atoms with Gasteiger partial charge in [0.15, 0.2) is 0 Å². The average Bonchev–Trinajstić information content (AvgIpc) is 3.40. The molecule has 0 fully saturated rings. The monoisotopic (exact) mass is 438 g/mol. The van der Waals surface area contributed by atoms with Crippen molar-refractivity contribution in [1.82, 2.24) is 25.5 Å². The molecule has 1 amide bonds. The molecule has 2 N–H and O–H groups in total. The highest BCUT2D eigenvalue weighted by Gasteiger charge is 2.31. The molecule has 0 spiro atoms. The van der Waals surface area contributed by atoms with Gasteiger partial charge < -0.3 is 10.2 Å². The maximum absolute atomic E-state index is 13.3. The topological polar surface area (TPSA) is 86.8 Å². The predicted octanol–water partition coefficient (Wildman–Crippen LogP) is 5.12. The van der Waals surface area contributed by atoms with Crippen LogP contribution >= 0.6 is 0 Å². The van der Waals surface area contributed by atoms with Gasteiger partial charge in [-0.25, -0.2) is 0 Å². The van der Waals surface area contributed by atoms with Gasteiger partial charge in [0, 0.05) is 17.8 Å². The van der Waals surface area contributed by atoms with Crippen molar-refractivity contribution in [1.29, 1.82) is 0 Å². The molecule has 166 valence electrons. The van der Waals surface area contributed by atoms with Crippen LogP contribution in [0.1, 0.15) is 42.1 Å². The molecule has 0 radical (unpaired) electrons. The molecular weight excluding hydrogens is 412 g/mol. The lowest BCUT2D eigenvalue weighted by Crippen LogP contribution is -2.48. The van der Waals surface area contributed by atoms with E-state index in [0.717, 1.165) is 52.8 Å². The first-order valence-corrected chi connectivity index (χ1v) is 11.3. The number of hydrogen-bond donors (Lipinski definition) is 2. The van der Waals surface area contributed by atoms with E-state index in [1.165, 1.54) is 0 Å². The number of carbonyl (C=O) groups excluding carboxylic acids is 1. The van der Waals surface area contributed by atoms with Gasteiger partial charge in [-0.05, 0) is 46.9 Å². The molecule has 0 aliphatic carbocycles. The molecule has 5 rings (SSSR count). The van der Waals surface area contributed by atoms with E-state index in [1.54, 1.807) is 0 Å². The van der Waals surface area contributed by atoms with E-state index < -0.39 is 0 Å². The molecule has 33 heavy (non-hydrogen) atoms. The number of benzene rings is 3. The molecule has 0 bridgehead atoms. The number of nitrogens with zero attached hydrogens (tertiary/aromatic N) is 4. The summed E-state index contributed by atoms with van der Waals surface area (Å²) >= 11 is 0. The number of nitrogens with one attached hydrogen (secondary N) is 2. The van der Waals surface area contributed by atoms with E-state index in [9.17, 15) is 4.79 Å². The van der Waals surface area contributed by atoms with E-state index in [0.29, 0.717) is 12.4 Å². The Kier molecular flexibility index (Phi) is 5.85. The van der Waals surface area contributed by atoms with Crippen LogP contribution in [0.2, 0.25) is 0 Å². The Morgan fingerprint density at radius 3 is 2.36 bits per heavy atom. The molecule has 1 aliphatic rings. The Bertz CT molecular complexity index is 1240. The quantitative estimate of drug-likeness (QED) is 0.418. The van der Waals surface area contributed by atoms with Crippen molar-refractivity contribution in [3.05, 3.63) is 83.9 Å². The summed E-state index contributed by atoms with van der Waals surface area (Å²) in [4.78, 5) is 15.3. The van der Waals surface area contributed by atoms with Gasteiger partial charge in [-0.1, -0.05) is 74.0 Å². The number of para-hydroxylation sites is 1. The van der Waals surface area contributed by atoms with Crippen molar-refractivity contribution in [3.8, 4) is 22.5 Å². The highest BCUT2D eigenvalue weighted by molar-refractivity contribution is 6.01. The second-order valence-corrected chi connectivity index (χ2v) is 8.26. The number of H-pyrrole nitrogens is 1. The van der Waals surface area contributed by atoms with Gasteiger partial charge in [0.05, 0.1) is 5.56 Å². The van der Waals surface area contributed by atoms with Gasteiger partial charge in [0.25, 0.3) is 5.91 Å². The van der Waals surface area contributed by atoms with Gasteiger partial charge in [0.1, 0.15) is 6.17 Å². The fourth-order valence-corrected chi connectivity index (χ4v) is 4.35. The van der Waals surface area contributed by atoms with E-state index in [1.807, 2.05) is 47.4 Å². The van der Waals surface area contributed by atoms with Crippen LogP contribution in [0.25, 0.3) is 22.5 Å². The zero-order valence-electron chi connectivity index (χ0n) is 18.5. The largest absolute Gasteiger partial charge is 0.364 e. The summed E-state index contributed by atoms with van der Waals surface area (Å²) in [6, 6.07) is 24.1. The van der Waals surface area contributed by atoms with Crippen molar-refractivity contribution in [3.63, 3.8) is 0 Å². The fraction of sp³-hybridized carbons (Fsp3) is 0.231. The standard InChI is InChI=1S/C26H26N6O/c1-2-3-12-24-27-23-11-7-6-10-22(23)26(33)32(24)17-18-13-15-19(16-14-18)20-8-4-5-9-21(20)25-28-30-31-29-25/h4-11,13-16,24,27H,2-3,12,17H2,1H3,(H,28,29,30,31). The Balaban J connectivity index is 1.40. The summed E-state index contributed by atoms with van der Waals surface area (Å²) in [7, 11) is 0. The summed E-state index contributed by atoms with van der Waals surface area (Å²) in [6.07, 6.45) is 3.07. The van der Waals surface area contributed by atoms with Crippen LogP contribution in [0.3, 0.4) is 0 Å². The summed E-state index contributed by atoms with van der Waals surface area (Å²) in [5.41, 5.74) is 5.77. The third kappa shape index (κ3) is 4.22. The molecule has 2 heterocycles. The van der Waals surface area contributed by atoms with E-state index >= 15 is 0 Å². The minimum Gasteiger partial charge on any atom is -0.364 e. The Hall–Kier alpha value is -4.00. The lowest BCUT2D eigenvalue weighted by atomic mass is 9.98. The number of fused-ring (bicyclic) bond motifs is 1. The van der Waals surface area contributed by atoms with Crippen LogP contribution in [0.15, 0.2) is 72.8 Å². The Labute approximate surface area is 192 Å². The molecule has 4 aromatic rings. The minimum absolute atomic E-state index is 0.00834. The van der Waals surface area contributed by atoms with Crippen molar-refractivity contribution in [2.24, 2.45) is 0 Å². The lowest BCUT2D eigenvalue weighted by Gasteiger charge is -2.38. The van der Waals surface area contributed by atoms with E-state index in [2.05, 4.69) is 63.2 Å². The second-order valence-electron chi connectivity index (χ2n) is 8.26. The summed E-state index contributed by atoms with van der Waals surface area (Å²) in [5, 5.41) is 18.0. The normalized spacial score (nSPS) is 15.2. The van der Waals surface area contributed by atoms with E-state index in [4.69, 9.17) is 0 Å². The van der Waals surface area contributed by atoms with Crippen LogP contribution < -0.4 is 5.32 Å². The SMILES string of the molecule is CCCCC1Nc2ccccc2C(=O)N1Cc1ccc(-c2ccccc2-c2nn[nH]n2)cc1. The number of anilines is 1. The Morgan fingerprint density at radius 1 is 0.909 bits per heavy atom. The van der Waals surface area contributed by atoms with Crippen LogP contribution in [0.4, 0.5) is 5.69 Å². The number of tetrazole rings is 1. The molecule has 0 saturated heterocycles. The molecule has 1 atom stereocenters. The lowest BCUT2D eigenvalue weighted by molar-refractivity contribution is 0.0657. The van der Waals surface area contributed by atoms with Crippen molar-refractivity contribution >= 4 is 11.6 Å². The number of hydrogen-bond acceptors (Lipinski definition) is 5. The third-order valence-corrected chi connectivity index (χ3v) is 6.08. The molecule has 7 nitrogen and oxygen atoms in total. The molecule has 1 aliphatic heterocycles. The predicted molar refractivity (Wildman–Crippen MR) is 128 cm³/mol. The van der Waals surface area contributed by atoms with Crippen molar-refractivity contribution < 1.29 is 4.79 Å². The number of amides is 1. The number of rotatable bonds is 7. The molecule has 0 saturated carbocycles. The van der Waals surface area contributed by atoms with Crippen LogP contribution in [-0.2, 0) is 6.54 Å². The average molecular weight is 439 g/mol. The first-order valence-electron chi connectivity index (χ1n) is 11.3. The minimum atomic E-state index is -0.00834. The zero-order chi connectivity index (χ0) is 22.6. The maximum atomic E-state index is 13.3. The van der Waals surface area contributed by atoms with Crippen LogP contribution in [0, 0.1) is 0 Å². The highest BCUT2D eigenvalue weighted by atomic mass is 16.2. The number of aromatic nitrogens is 4. The molecule has 3 aromatic carbocycles. The van der Waals surface area contributed by atoms with Gasteiger partial charge >= 0.3 is 0 Å². The smallest absolute Gasteiger partial charge is 0.257 e. The second kappa shape index (κ2) is 9.24. The van der Waals surface area contributed by atoms with Gasteiger partial charge in [-0.3, -0.25) is 4.79 Å². The van der Waals surface area contributed by atoms with E-state index in [-0.39, 0.29) is 12.1 Å². The Morgan fingerprint density at radius 2 is 1.64 bits per heavy atom. The third-order valence-electron chi connectivity index (χ3n) is 6.08. The van der Waals surface area contributed by atoms with Gasteiger partial charge in [-0.2, -0.15) is 5.21 Å². The highest BCUT2D eigenvalue weighted by Crippen LogP contribution is 2.31. The first kappa shape index (κ1) is 20.9. The zero-order valence-corrected chi connectivity index (χ0v) is 18.5. The fourth-order valence-electron chi connectivity index (χ4n) is 4.35. The molecule has 1 unspecified atom stereocenters. The summed E-state index contributed by atoms with van der Waals surface area (Å²) < 4.78 is 0. The van der Waals surface area contributed by atoms with Gasteiger partial charge in [0.2, 0.25) is 5.82 Å². The molecular formula is C26H26N6O. The molecule has 7 heteroatoms. The maximum Gasteiger partial charge on any atom is 0.257 e.